The summed E-state index contributed by atoms with van der Waals surface area (Å²) in [6, 6.07) is 4.31. The van der Waals surface area contributed by atoms with E-state index in [1.165, 1.54) is 19.3 Å². The van der Waals surface area contributed by atoms with Gasteiger partial charge in [-0.2, -0.15) is 5.26 Å². The highest BCUT2D eigenvalue weighted by Gasteiger charge is 2.24. The van der Waals surface area contributed by atoms with Crippen LogP contribution in [-0.4, -0.2) is 24.2 Å². The molecule has 0 saturated carbocycles. The number of rotatable bonds is 3. The lowest BCUT2D eigenvalue weighted by atomic mass is 10.00. The monoisotopic (exact) mass is 285 g/mol. The maximum atomic E-state index is 9.43. The number of aromatic nitrogens is 1. The molecule has 2 aliphatic heterocycles. The summed E-state index contributed by atoms with van der Waals surface area (Å²) in [6.45, 7) is 4.83. The van der Waals surface area contributed by atoms with Crippen molar-refractivity contribution in [3.05, 3.63) is 22.9 Å². The number of nitriles is 1. The van der Waals surface area contributed by atoms with Crippen molar-refractivity contribution in [2.45, 2.75) is 58.2 Å². The second-order valence-corrected chi connectivity index (χ2v) is 6.05. The van der Waals surface area contributed by atoms with Gasteiger partial charge in [0.1, 0.15) is 11.9 Å². The maximum absolute atomic E-state index is 9.43. The fourth-order valence-electron chi connectivity index (χ4n) is 3.30. The molecule has 1 saturated heterocycles. The molecule has 0 amide bonds. The van der Waals surface area contributed by atoms with E-state index in [2.05, 4.69) is 17.9 Å². The topological polar surface area (TPSA) is 49.2 Å². The van der Waals surface area contributed by atoms with Gasteiger partial charge in [-0.1, -0.05) is 13.3 Å². The minimum absolute atomic E-state index is 0.289. The lowest BCUT2D eigenvalue weighted by molar-refractivity contribution is 0.0215. The van der Waals surface area contributed by atoms with Crippen LogP contribution in [0.5, 0.6) is 0 Å². The van der Waals surface area contributed by atoms with Gasteiger partial charge in [-0.3, -0.25) is 0 Å². The van der Waals surface area contributed by atoms with Crippen LogP contribution in [0, 0.1) is 11.3 Å². The number of hydrogen-bond acceptors (Lipinski definition) is 4. The van der Waals surface area contributed by atoms with Gasteiger partial charge in [0, 0.05) is 25.1 Å². The van der Waals surface area contributed by atoms with E-state index in [1.807, 2.05) is 6.07 Å². The lowest BCUT2D eigenvalue weighted by Gasteiger charge is -2.31. The first-order valence-corrected chi connectivity index (χ1v) is 8.11. The SMILES string of the molecule is CCC[C@H]1Cc2nc(N3CCCCC3)c(C#N)cc2CO1. The summed E-state index contributed by atoms with van der Waals surface area (Å²) in [7, 11) is 0. The first-order valence-electron chi connectivity index (χ1n) is 8.11. The van der Waals surface area contributed by atoms with Gasteiger partial charge in [-0.15, -0.1) is 0 Å². The average Bonchev–Trinajstić information content (AvgIpc) is 2.54. The fraction of sp³-hybridized carbons (Fsp3) is 0.647. The van der Waals surface area contributed by atoms with E-state index >= 15 is 0 Å². The molecule has 0 N–H and O–H groups in total. The lowest BCUT2D eigenvalue weighted by Crippen LogP contribution is -2.32. The van der Waals surface area contributed by atoms with E-state index in [9.17, 15) is 5.26 Å². The van der Waals surface area contributed by atoms with Crippen molar-refractivity contribution in [3.63, 3.8) is 0 Å². The van der Waals surface area contributed by atoms with Gasteiger partial charge in [0.2, 0.25) is 0 Å². The summed E-state index contributed by atoms with van der Waals surface area (Å²) < 4.78 is 5.87. The Hall–Kier alpha value is -1.60. The Morgan fingerprint density at radius 3 is 2.90 bits per heavy atom. The molecule has 4 heteroatoms. The van der Waals surface area contributed by atoms with Crippen molar-refractivity contribution in [2.24, 2.45) is 0 Å². The zero-order valence-electron chi connectivity index (χ0n) is 12.8. The Labute approximate surface area is 126 Å². The van der Waals surface area contributed by atoms with Crippen LogP contribution < -0.4 is 4.90 Å². The first kappa shape index (κ1) is 14.3. The highest BCUT2D eigenvalue weighted by atomic mass is 16.5. The van der Waals surface area contributed by atoms with E-state index < -0.39 is 0 Å². The summed E-state index contributed by atoms with van der Waals surface area (Å²) in [5, 5.41) is 9.43. The molecule has 4 nitrogen and oxygen atoms in total. The summed E-state index contributed by atoms with van der Waals surface area (Å²) >= 11 is 0. The van der Waals surface area contributed by atoms with Gasteiger partial charge in [0.25, 0.3) is 0 Å². The van der Waals surface area contributed by atoms with Gasteiger partial charge in [-0.05, 0) is 31.7 Å². The third-order valence-corrected chi connectivity index (χ3v) is 4.45. The molecule has 0 radical (unpaired) electrons. The molecule has 1 aromatic heterocycles. The second kappa shape index (κ2) is 6.44. The molecule has 1 atom stereocenters. The predicted molar refractivity (Wildman–Crippen MR) is 82.2 cm³/mol. The van der Waals surface area contributed by atoms with Crippen LogP contribution in [0.25, 0.3) is 0 Å². The number of ether oxygens (including phenoxy) is 1. The van der Waals surface area contributed by atoms with E-state index in [1.54, 1.807) is 0 Å². The molecule has 0 unspecified atom stereocenters. The average molecular weight is 285 g/mol. The Balaban J connectivity index is 1.90. The number of fused-ring (bicyclic) bond motifs is 1. The van der Waals surface area contributed by atoms with Gasteiger partial charge in [0.15, 0.2) is 0 Å². The van der Waals surface area contributed by atoms with Crippen LogP contribution in [0.1, 0.15) is 55.8 Å². The van der Waals surface area contributed by atoms with Gasteiger partial charge < -0.3 is 9.64 Å². The van der Waals surface area contributed by atoms with E-state index in [4.69, 9.17) is 9.72 Å². The standard InChI is InChI=1S/C17H23N3O/c1-2-6-15-10-16-14(12-21-15)9-13(11-18)17(19-16)20-7-4-3-5-8-20/h9,15H,2-8,10,12H2,1H3/t15-/m0/s1. The largest absolute Gasteiger partial charge is 0.373 e. The highest BCUT2D eigenvalue weighted by molar-refractivity contribution is 5.56. The van der Waals surface area contributed by atoms with Gasteiger partial charge in [-0.25, -0.2) is 4.98 Å². The van der Waals surface area contributed by atoms with Crippen LogP contribution in [-0.2, 0) is 17.8 Å². The van der Waals surface area contributed by atoms with Gasteiger partial charge in [0.05, 0.1) is 24.0 Å². The van der Waals surface area contributed by atoms with Crippen molar-refractivity contribution < 1.29 is 4.74 Å². The molecule has 0 aliphatic carbocycles. The first-order chi connectivity index (χ1) is 10.3. The molecule has 1 fully saturated rings. The van der Waals surface area contributed by atoms with Crippen molar-refractivity contribution in [2.75, 3.05) is 18.0 Å². The zero-order chi connectivity index (χ0) is 14.7. The Morgan fingerprint density at radius 1 is 1.38 bits per heavy atom. The summed E-state index contributed by atoms with van der Waals surface area (Å²) in [5.74, 6) is 0.896. The number of hydrogen-bond donors (Lipinski definition) is 0. The van der Waals surface area contributed by atoms with Crippen molar-refractivity contribution in [1.29, 1.82) is 5.26 Å². The van der Waals surface area contributed by atoms with E-state index in [-0.39, 0.29) is 6.10 Å². The van der Waals surface area contributed by atoms with Crippen LogP contribution in [0.15, 0.2) is 6.07 Å². The maximum Gasteiger partial charge on any atom is 0.146 e. The molecule has 1 aromatic rings. The zero-order valence-corrected chi connectivity index (χ0v) is 12.8. The smallest absolute Gasteiger partial charge is 0.146 e. The molecule has 2 aliphatic rings. The van der Waals surface area contributed by atoms with E-state index in [0.717, 1.165) is 49.4 Å². The molecule has 0 aromatic carbocycles. The summed E-state index contributed by atoms with van der Waals surface area (Å²) in [5.41, 5.74) is 2.94. The molecule has 0 spiro atoms. The number of anilines is 1. The highest BCUT2D eigenvalue weighted by Crippen LogP contribution is 2.28. The number of piperidine rings is 1. The molecule has 21 heavy (non-hydrogen) atoms. The molecule has 0 bridgehead atoms. The minimum Gasteiger partial charge on any atom is -0.373 e. The van der Waals surface area contributed by atoms with Gasteiger partial charge >= 0.3 is 0 Å². The third-order valence-electron chi connectivity index (χ3n) is 4.45. The minimum atomic E-state index is 0.289. The molecule has 3 rings (SSSR count). The quantitative estimate of drug-likeness (QED) is 0.856. The Morgan fingerprint density at radius 2 is 2.19 bits per heavy atom. The number of pyridine rings is 1. The molecule has 112 valence electrons. The molecule has 3 heterocycles. The van der Waals surface area contributed by atoms with E-state index in [0.29, 0.717) is 12.2 Å². The third kappa shape index (κ3) is 3.03. The normalized spacial score (nSPS) is 21.7. The van der Waals surface area contributed by atoms with Crippen molar-refractivity contribution in [3.8, 4) is 6.07 Å². The summed E-state index contributed by atoms with van der Waals surface area (Å²) in [4.78, 5) is 7.15. The molecular weight excluding hydrogens is 262 g/mol. The van der Waals surface area contributed by atoms with Crippen molar-refractivity contribution in [1.82, 2.24) is 4.98 Å². The Bertz CT molecular complexity index is 544. The van der Waals surface area contributed by atoms with Crippen LogP contribution in [0.4, 0.5) is 5.82 Å². The molecular formula is C17H23N3O. The Kier molecular flexibility index (Phi) is 4.40. The number of nitrogens with zero attached hydrogens (tertiary/aromatic N) is 3. The van der Waals surface area contributed by atoms with Crippen LogP contribution in [0.3, 0.4) is 0 Å². The van der Waals surface area contributed by atoms with Crippen LogP contribution >= 0.6 is 0 Å². The second-order valence-electron chi connectivity index (χ2n) is 6.05. The van der Waals surface area contributed by atoms with Crippen LogP contribution in [0.2, 0.25) is 0 Å². The predicted octanol–water partition coefficient (Wildman–Crippen LogP) is 3.18. The summed E-state index contributed by atoms with van der Waals surface area (Å²) in [6.07, 6.45) is 7.08. The van der Waals surface area contributed by atoms with Crippen molar-refractivity contribution >= 4 is 5.82 Å². The fourth-order valence-corrected chi connectivity index (χ4v) is 3.30.